The van der Waals surface area contributed by atoms with Gasteiger partial charge in [-0.05, 0) is 24.5 Å². The molecule has 6 heteroatoms. The van der Waals surface area contributed by atoms with Crippen LogP contribution in [0.4, 0.5) is 5.95 Å². The number of ether oxygens (including phenoxy) is 1. The highest BCUT2D eigenvalue weighted by Crippen LogP contribution is 2.20. The Morgan fingerprint density at radius 1 is 1.33 bits per heavy atom. The summed E-state index contributed by atoms with van der Waals surface area (Å²) in [6.07, 6.45) is 1.99. The molecule has 0 radical (unpaired) electrons. The number of morpholine rings is 1. The third-order valence-corrected chi connectivity index (χ3v) is 4.77. The Balaban J connectivity index is 1.95. The Morgan fingerprint density at radius 3 is 2.71 bits per heavy atom. The standard InChI is InChI=1S/C18H26N4O2/c1-13(18(2,3)4)19-16(23)15-14-7-5-6-8-22(14)17(20-15)21-9-11-24-12-10-21/h5-8,13H,9-12H2,1-4H3,(H,19,23)/p+1. The Kier molecular flexibility index (Phi) is 4.49. The van der Waals surface area contributed by atoms with Crippen molar-refractivity contribution in [2.45, 2.75) is 33.7 Å². The zero-order chi connectivity index (χ0) is 17.3. The van der Waals surface area contributed by atoms with Crippen LogP contribution in [0.1, 0.15) is 38.2 Å². The summed E-state index contributed by atoms with van der Waals surface area (Å²) in [5.41, 5.74) is 1.50. The van der Waals surface area contributed by atoms with Crippen LogP contribution in [0.25, 0.3) is 5.52 Å². The number of carbonyl (C=O) groups excluding carboxylic acids is 1. The second kappa shape index (κ2) is 6.43. The van der Waals surface area contributed by atoms with Gasteiger partial charge in [0.25, 0.3) is 5.91 Å². The van der Waals surface area contributed by atoms with E-state index >= 15 is 0 Å². The minimum Gasteiger partial charge on any atom is -0.375 e. The number of H-pyrrole nitrogens is 1. The molecule has 2 aromatic rings. The lowest BCUT2D eigenvalue weighted by Gasteiger charge is -2.27. The Morgan fingerprint density at radius 2 is 2.04 bits per heavy atom. The molecule has 1 fully saturated rings. The van der Waals surface area contributed by atoms with E-state index in [-0.39, 0.29) is 17.4 Å². The SMILES string of the molecule is CC(NC(=O)c1[nH]c(N2CCOCC2)[n+]2ccccc12)C(C)(C)C. The van der Waals surface area contributed by atoms with Gasteiger partial charge in [0.15, 0.2) is 5.52 Å². The molecule has 2 aromatic heterocycles. The molecule has 1 saturated heterocycles. The predicted octanol–water partition coefficient (Wildman–Crippen LogP) is 1.75. The number of aromatic nitrogens is 2. The molecule has 0 saturated carbocycles. The number of imidazole rings is 1. The van der Waals surface area contributed by atoms with Gasteiger partial charge in [-0.25, -0.2) is 9.38 Å². The average molecular weight is 331 g/mol. The van der Waals surface area contributed by atoms with Crippen molar-refractivity contribution in [3.63, 3.8) is 0 Å². The number of carbonyl (C=O) groups is 1. The summed E-state index contributed by atoms with van der Waals surface area (Å²) in [6.45, 7) is 11.5. The normalized spacial score (nSPS) is 17.1. The van der Waals surface area contributed by atoms with E-state index in [1.807, 2.05) is 35.7 Å². The molecular formula is C18H27N4O2+. The number of pyridine rings is 1. The number of hydrogen-bond donors (Lipinski definition) is 2. The lowest BCUT2D eigenvalue weighted by molar-refractivity contribution is -0.497. The molecule has 0 spiro atoms. The lowest BCUT2D eigenvalue weighted by Crippen LogP contribution is -2.41. The van der Waals surface area contributed by atoms with E-state index in [1.165, 1.54) is 0 Å². The second-order valence-corrected chi connectivity index (χ2v) is 7.44. The number of fused-ring (bicyclic) bond motifs is 1. The van der Waals surface area contributed by atoms with Crippen LogP contribution in [0, 0.1) is 5.41 Å². The van der Waals surface area contributed by atoms with Gasteiger partial charge in [-0.3, -0.25) is 9.69 Å². The van der Waals surface area contributed by atoms with Gasteiger partial charge in [0, 0.05) is 6.04 Å². The van der Waals surface area contributed by atoms with Gasteiger partial charge in [0.05, 0.1) is 32.5 Å². The molecule has 1 unspecified atom stereocenters. The van der Waals surface area contributed by atoms with Crippen LogP contribution in [-0.2, 0) is 4.74 Å². The molecule has 1 atom stereocenters. The molecular weight excluding hydrogens is 304 g/mol. The van der Waals surface area contributed by atoms with Gasteiger partial charge in [0.1, 0.15) is 0 Å². The highest BCUT2D eigenvalue weighted by Gasteiger charge is 2.30. The number of nitrogens with zero attached hydrogens (tertiary/aromatic N) is 2. The van der Waals surface area contributed by atoms with Crippen molar-refractivity contribution < 1.29 is 13.9 Å². The fraction of sp³-hybridized carbons (Fsp3) is 0.556. The molecule has 0 aliphatic carbocycles. The minimum absolute atomic E-state index is 0.0121. The molecule has 0 aromatic carbocycles. The van der Waals surface area contributed by atoms with E-state index in [2.05, 4.69) is 36.0 Å². The third kappa shape index (κ3) is 3.24. The van der Waals surface area contributed by atoms with Crippen LogP contribution in [0.15, 0.2) is 24.4 Å². The summed E-state index contributed by atoms with van der Waals surface area (Å²) in [4.78, 5) is 18.4. The molecule has 130 valence electrons. The van der Waals surface area contributed by atoms with Gasteiger partial charge in [-0.15, -0.1) is 0 Å². The van der Waals surface area contributed by atoms with Crippen LogP contribution in [-0.4, -0.2) is 43.2 Å². The summed E-state index contributed by atoms with van der Waals surface area (Å²) in [6, 6.07) is 5.97. The highest BCUT2D eigenvalue weighted by atomic mass is 16.5. The number of rotatable bonds is 3. The number of anilines is 1. The quantitative estimate of drug-likeness (QED) is 0.843. The highest BCUT2D eigenvalue weighted by molar-refractivity contribution is 5.98. The number of nitrogens with one attached hydrogen (secondary N) is 2. The maximum Gasteiger partial charge on any atom is 0.363 e. The van der Waals surface area contributed by atoms with Gasteiger partial charge in [-0.2, -0.15) is 0 Å². The maximum absolute atomic E-state index is 12.8. The summed E-state index contributed by atoms with van der Waals surface area (Å²) in [5.74, 6) is 0.864. The number of aromatic amines is 1. The molecule has 3 rings (SSSR count). The smallest absolute Gasteiger partial charge is 0.363 e. The lowest BCUT2D eigenvalue weighted by atomic mass is 9.88. The van der Waals surface area contributed by atoms with Gasteiger partial charge in [0.2, 0.25) is 5.69 Å². The van der Waals surface area contributed by atoms with Gasteiger partial charge >= 0.3 is 5.95 Å². The zero-order valence-electron chi connectivity index (χ0n) is 14.9. The van der Waals surface area contributed by atoms with Gasteiger partial charge < -0.3 is 10.1 Å². The van der Waals surface area contributed by atoms with Crippen LogP contribution in [0.5, 0.6) is 0 Å². The second-order valence-electron chi connectivity index (χ2n) is 7.44. The van der Waals surface area contributed by atoms with Crippen LogP contribution in [0.3, 0.4) is 0 Å². The van der Waals surface area contributed by atoms with Crippen molar-refractivity contribution in [3.8, 4) is 0 Å². The molecule has 6 nitrogen and oxygen atoms in total. The van der Waals surface area contributed by atoms with Crippen molar-refractivity contribution in [3.05, 3.63) is 30.1 Å². The predicted molar refractivity (Wildman–Crippen MR) is 93.4 cm³/mol. The number of amides is 1. The van der Waals surface area contributed by atoms with E-state index in [1.54, 1.807) is 0 Å². The van der Waals surface area contributed by atoms with Crippen molar-refractivity contribution >= 4 is 17.4 Å². The molecule has 0 bridgehead atoms. The van der Waals surface area contributed by atoms with E-state index in [0.29, 0.717) is 18.9 Å². The topological polar surface area (TPSA) is 61.5 Å². The summed E-state index contributed by atoms with van der Waals surface area (Å²) in [7, 11) is 0. The number of hydrogen-bond acceptors (Lipinski definition) is 3. The molecule has 3 heterocycles. The first kappa shape index (κ1) is 16.8. The zero-order valence-corrected chi connectivity index (χ0v) is 14.9. The van der Waals surface area contributed by atoms with Gasteiger partial charge in [-0.1, -0.05) is 26.8 Å². The first-order valence-corrected chi connectivity index (χ1v) is 8.54. The van der Waals surface area contributed by atoms with Crippen molar-refractivity contribution in [1.82, 2.24) is 10.3 Å². The Bertz CT molecular complexity index is 726. The molecule has 24 heavy (non-hydrogen) atoms. The van der Waals surface area contributed by atoms with Crippen molar-refractivity contribution in [1.29, 1.82) is 0 Å². The third-order valence-electron chi connectivity index (χ3n) is 4.77. The summed E-state index contributed by atoms with van der Waals surface area (Å²) >= 11 is 0. The monoisotopic (exact) mass is 331 g/mol. The van der Waals surface area contributed by atoms with Crippen LogP contribution >= 0.6 is 0 Å². The maximum atomic E-state index is 12.8. The van der Waals surface area contributed by atoms with E-state index < -0.39 is 0 Å². The fourth-order valence-corrected chi connectivity index (χ4v) is 2.73. The van der Waals surface area contributed by atoms with Crippen molar-refractivity contribution in [2.75, 3.05) is 31.2 Å². The molecule has 1 aliphatic heterocycles. The Hall–Kier alpha value is -2.08. The van der Waals surface area contributed by atoms with Crippen LogP contribution in [0.2, 0.25) is 0 Å². The largest absolute Gasteiger partial charge is 0.375 e. The molecule has 2 N–H and O–H groups in total. The average Bonchev–Trinajstić information content (AvgIpc) is 2.94. The molecule has 1 aliphatic rings. The van der Waals surface area contributed by atoms with Crippen molar-refractivity contribution in [2.24, 2.45) is 5.41 Å². The van der Waals surface area contributed by atoms with E-state index in [0.717, 1.165) is 24.6 Å². The summed E-state index contributed by atoms with van der Waals surface area (Å²) < 4.78 is 7.48. The van der Waals surface area contributed by atoms with E-state index in [9.17, 15) is 4.79 Å². The fourth-order valence-electron chi connectivity index (χ4n) is 2.73. The van der Waals surface area contributed by atoms with E-state index in [4.69, 9.17) is 4.74 Å². The van der Waals surface area contributed by atoms with Crippen LogP contribution < -0.4 is 14.6 Å². The molecule has 1 amide bonds. The Labute approximate surface area is 142 Å². The first-order valence-electron chi connectivity index (χ1n) is 8.54. The minimum atomic E-state index is -0.0689. The summed E-state index contributed by atoms with van der Waals surface area (Å²) in [5, 5.41) is 3.12. The first-order chi connectivity index (χ1) is 11.4.